The van der Waals surface area contributed by atoms with E-state index in [0.29, 0.717) is 0 Å². The van der Waals surface area contributed by atoms with Crippen LogP contribution in [0.3, 0.4) is 0 Å². The first-order chi connectivity index (χ1) is 22.7. The van der Waals surface area contributed by atoms with Crippen molar-refractivity contribution in [3.63, 3.8) is 0 Å². The molecule has 3 nitrogen and oxygen atoms in total. The van der Waals surface area contributed by atoms with E-state index in [0.717, 1.165) is 48.8 Å². The van der Waals surface area contributed by atoms with Gasteiger partial charge in [0, 0.05) is 35.1 Å². The van der Waals surface area contributed by atoms with Gasteiger partial charge in [-0.2, -0.15) is 0 Å². The molecule has 0 amide bonds. The van der Waals surface area contributed by atoms with Gasteiger partial charge in [-0.3, -0.25) is 4.79 Å². The summed E-state index contributed by atoms with van der Waals surface area (Å²) < 4.78 is 0. The van der Waals surface area contributed by atoms with Crippen molar-refractivity contribution >= 4 is 50.5 Å². The summed E-state index contributed by atoms with van der Waals surface area (Å²) in [6, 6.07) is 42.3. The van der Waals surface area contributed by atoms with E-state index < -0.39 is 0 Å². The van der Waals surface area contributed by atoms with Crippen molar-refractivity contribution in [3.05, 3.63) is 166 Å². The van der Waals surface area contributed by atoms with E-state index in [1.807, 2.05) is 12.2 Å². The highest BCUT2D eigenvalue weighted by atomic mass is 32.2. The van der Waals surface area contributed by atoms with Crippen molar-refractivity contribution in [1.29, 1.82) is 0 Å². The van der Waals surface area contributed by atoms with Crippen molar-refractivity contribution in [2.75, 3.05) is 13.1 Å². The third-order valence-electron chi connectivity index (χ3n) is 8.08. The van der Waals surface area contributed by atoms with Gasteiger partial charge >= 0.3 is 0 Å². The Bertz CT molecular complexity index is 1630. The molecule has 0 saturated carbocycles. The maximum atomic E-state index is 14.1. The number of carbonyl (C=O) groups is 1. The maximum Gasteiger partial charge on any atom is 0.183 e. The van der Waals surface area contributed by atoms with Gasteiger partial charge in [0.2, 0.25) is 0 Å². The molecule has 46 heavy (non-hydrogen) atoms. The van der Waals surface area contributed by atoms with Gasteiger partial charge in [-0.1, -0.05) is 172 Å². The average Bonchev–Trinajstić information content (AvgIpc) is 3.65. The van der Waals surface area contributed by atoms with Crippen molar-refractivity contribution in [3.8, 4) is 0 Å². The molecule has 0 radical (unpaired) electrons. The van der Waals surface area contributed by atoms with Crippen molar-refractivity contribution in [1.82, 2.24) is 9.80 Å². The summed E-state index contributed by atoms with van der Waals surface area (Å²) in [5.74, 6) is 0.0106. The van der Waals surface area contributed by atoms with Crippen LogP contribution in [0.5, 0.6) is 0 Å². The Morgan fingerprint density at radius 2 is 0.848 bits per heavy atom. The molecule has 0 fully saturated rings. The number of ketones is 1. The smallest absolute Gasteiger partial charge is 0.183 e. The van der Waals surface area contributed by atoms with Gasteiger partial charge in [0.1, 0.15) is 0 Å². The summed E-state index contributed by atoms with van der Waals surface area (Å²) in [4.78, 5) is 21.2. The van der Waals surface area contributed by atoms with Crippen LogP contribution in [0.15, 0.2) is 144 Å². The SMILES string of the molecule is CCCCN1C(c2ccccc2)=C(c2ccccc2)S/C1=C/C(=O)/C=C1/SC(c2ccccc2)=C(c2ccccc2)N1CCCC. The predicted molar refractivity (Wildman–Crippen MR) is 199 cm³/mol. The van der Waals surface area contributed by atoms with Crippen LogP contribution in [-0.2, 0) is 4.79 Å². The Morgan fingerprint density at radius 3 is 1.17 bits per heavy atom. The minimum Gasteiger partial charge on any atom is -0.334 e. The molecule has 0 spiro atoms. The van der Waals surface area contributed by atoms with Gasteiger partial charge in [0.25, 0.3) is 0 Å². The second-order valence-electron chi connectivity index (χ2n) is 11.4. The molecular weight excluding hydrogens is 601 g/mol. The first-order valence-corrected chi connectivity index (χ1v) is 17.9. The second kappa shape index (κ2) is 15.4. The zero-order valence-electron chi connectivity index (χ0n) is 26.6. The Kier molecular flexibility index (Phi) is 10.6. The van der Waals surface area contributed by atoms with Gasteiger partial charge in [0.05, 0.1) is 21.5 Å². The summed E-state index contributed by atoms with van der Waals surface area (Å²) in [7, 11) is 0. The molecule has 0 atom stereocenters. The Labute approximate surface area is 282 Å². The van der Waals surface area contributed by atoms with Gasteiger partial charge in [-0.25, -0.2) is 0 Å². The highest BCUT2D eigenvalue weighted by Crippen LogP contribution is 2.52. The first-order valence-electron chi connectivity index (χ1n) is 16.3. The van der Waals surface area contributed by atoms with E-state index in [1.165, 1.54) is 43.5 Å². The number of rotatable bonds is 12. The number of thioether (sulfide) groups is 2. The third kappa shape index (κ3) is 7.11. The second-order valence-corrected chi connectivity index (χ2v) is 13.5. The molecule has 0 unspecified atom stereocenters. The summed E-state index contributed by atoms with van der Waals surface area (Å²) >= 11 is 3.41. The number of hydrogen-bond donors (Lipinski definition) is 0. The van der Waals surface area contributed by atoms with Gasteiger partial charge < -0.3 is 9.80 Å². The molecule has 2 aliphatic rings. The molecule has 0 aromatic heterocycles. The highest BCUT2D eigenvalue weighted by Gasteiger charge is 2.32. The Balaban J connectivity index is 1.39. The van der Waals surface area contributed by atoms with Gasteiger partial charge in [0.15, 0.2) is 5.78 Å². The molecule has 2 aliphatic heterocycles. The van der Waals surface area contributed by atoms with Crippen molar-refractivity contribution < 1.29 is 4.79 Å². The maximum absolute atomic E-state index is 14.1. The number of hydrogen-bond acceptors (Lipinski definition) is 5. The van der Waals surface area contributed by atoms with E-state index in [1.54, 1.807) is 23.5 Å². The Morgan fingerprint density at radius 1 is 0.522 bits per heavy atom. The molecule has 0 aliphatic carbocycles. The number of benzene rings is 4. The summed E-state index contributed by atoms with van der Waals surface area (Å²) in [5.41, 5.74) is 7.03. The lowest BCUT2D eigenvalue weighted by atomic mass is 10.1. The van der Waals surface area contributed by atoms with E-state index >= 15 is 0 Å². The van der Waals surface area contributed by atoms with Crippen molar-refractivity contribution in [2.45, 2.75) is 39.5 Å². The predicted octanol–water partition coefficient (Wildman–Crippen LogP) is 11.0. The standard InChI is InChI=1S/C41H40N2OS2/c1-3-5-27-42-36(45-40(33-23-15-9-16-24-33)38(42)31-19-11-7-12-20-31)29-35(44)30-37-43(28-6-4-2)39(32-21-13-8-14-22-32)41(46-37)34-25-17-10-18-26-34/h7-26,29-30H,3-6,27-28H2,1-2H3/b36-29+,37-30+. The number of allylic oxidation sites excluding steroid dienone is 2. The zero-order chi connectivity index (χ0) is 31.7. The van der Waals surface area contributed by atoms with Gasteiger partial charge in [-0.05, 0) is 35.1 Å². The van der Waals surface area contributed by atoms with Crippen LogP contribution in [0.25, 0.3) is 21.2 Å². The number of nitrogens with zero attached hydrogens (tertiary/aromatic N) is 2. The normalized spacial score (nSPS) is 16.7. The van der Waals surface area contributed by atoms with Crippen LogP contribution in [0.2, 0.25) is 0 Å². The number of unbranched alkanes of at least 4 members (excludes halogenated alkanes) is 2. The topological polar surface area (TPSA) is 23.6 Å². The van der Waals surface area contributed by atoms with Crippen LogP contribution in [-0.4, -0.2) is 28.7 Å². The lowest BCUT2D eigenvalue weighted by Gasteiger charge is -2.24. The first kappa shape index (κ1) is 31.8. The van der Waals surface area contributed by atoms with Gasteiger partial charge in [-0.15, -0.1) is 0 Å². The molecule has 0 saturated heterocycles. The molecule has 5 heteroatoms. The van der Waals surface area contributed by atoms with E-state index in [2.05, 4.69) is 145 Å². The molecule has 2 heterocycles. The monoisotopic (exact) mass is 640 g/mol. The fraction of sp³-hybridized carbons (Fsp3) is 0.195. The summed E-state index contributed by atoms with van der Waals surface area (Å²) in [6.07, 6.45) is 7.94. The van der Waals surface area contributed by atoms with E-state index in [4.69, 9.17) is 0 Å². The molecule has 4 aromatic rings. The zero-order valence-corrected chi connectivity index (χ0v) is 28.2. The average molecular weight is 641 g/mol. The molecule has 0 N–H and O–H groups in total. The van der Waals surface area contributed by atoms with Crippen molar-refractivity contribution in [2.24, 2.45) is 0 Å². The molecule has 0 bridgehead atoms. The summed E-state index contributed by atoms with van der Waals surface area (Å²) in [5, 5.41) is 1.96. The minimum atomic E-state index is 0.0106. The van der Waals surface area contributed by atoms with Crippen LogP contribution in [0, 0.1) is 0 Å². The highest BCUT2D eigenvalue weighted by molar-refractivity contribution is 8.12. The molecule has 4 aromatic carbocycles. The molecular formula is C41H40N2OS2. The fourth-order valence-corrected chi connectivity index (χ4v) is 8.31. The minimum absolute atomic E-state index is 0.0106. The van der Waals surface area contributed by atoms with Crippen LogP contribution >= 0.6 is 23.5 Å². The third-order valence-corrected chi connectivity index (χ3v) is 10.4. The van der Waals surface area contributed by atoms with Crippen LogP contribution in [0.4, 0.5) is 0 Å². The van der Waals surface area contributed by atoms with E-state index in [9.17, 15) is 4.79 Å². The molecule has 6 rings (SSSR count). The number of carbonyl (C=O) groups excluding carboxylic acids is 1. The largest absolute Gasteiger partial charge is 0.334 e. The van der Waals surface area contributed by atoms with Crippen LogP contribution in [0.1, 0.15) is 61.8 Å². The van der Waals surface area contributed by atoms with E-state index in [-0.39, 0.29) is 5.78 Å². The fourth-order valence-electron chi connectivity index (χ4n) is 5.79. The lowest BCUT2D eigenvalue weighted by molar-refractivity contribution is -0.110. The Hall–Kier alpha value is -4.19. The summed E-state index contributed by atoms with van der Waals surface area (Å²) in [6.45, 7) is 6.15. The van der Waals surface area contributed by atoms with Crippen LogP contribution < -0.4 is 0 Å². The lowest BCUT2D eigenvalue weighted by Crippen LogP contribution is -2.20. The quantitative estimate of drug-likeness (QED) is 0.143. The molecule has 232 valence electrons.